The molecule has 0 fully saturated rings. The van der Waals surface area contributed by atoms with Gasteiger partial charge in [-0.15, -0.1) is 0 Å². The number of ether oxygens (including phenoxy) is 1. The summed E-state index contributed by atoms with van der Waals surface area (Å²) < 4.78 is 45.5. The summed E-state index contributed by atoms with van der Waals surface area (Å²) in [7, 11) is 0. The predicted octanol–water partition coefficient (Wildman–Crippen LogP) is 3.75. The molecule has 1 amide bonds. The molecular weight excluding hydrogens is 283 g/mol. The highest BCUT2D eigenvalue weighted by atomic mass is 19.1. The molecule has 0 unspecified atom stereocenters. The van der Waals surface area contributed by atoms with Crippen LogP contribution in [-0.4, -0.2) is 12.5 Å². The fourth-order valence-corrected chi connectivity index (χ4v) is 1.76. The standard InChI is InChI=1S/C15H12F3NO2/c1-2-21-13-7-6-9(8-12(13)18)19-15(20)14-10(16)4-3-5-11(14)17/h3-8H,2H2,1H3,(H,19,20). The van der Waals surface area contributed by atoms with E-state index in [0.717, 1.165) is 24.3 Å². The molecule has 2 aromatic rings. The average Bonchev–Trinajstić information content (AvgIpc) is 2.42. The fraction of sp³-hybridized carbons (Fsp3) is 0.133. The number of anilines is 1. The predicted molar refractivity (Wildman–Crippen MR) is 71.9 cm³/mol. The third kappa shape index (κ3) is 3.34. The Morgan fingerprint density at radius 2 is 1.76 bits per heavy atom. The van der Waals surface area contributed by atoms with Gasteiger partial charge in [0.1, 0.15) is 17.2 Å². The summed E-state index contributed by atoms with van der Waals surface area (Å²) in [5.41, 5.74) is -0.643. The molecule has 0 saturated carbocycles. The number of nitrogens with one attached hydrogen (secondary N) is 1. The van der Waals surface area contributed by atoms with Crippen LogP contribution >= 0.6 is 0 Å². The van der Waals surface area contributed by atoms with E-state index < -0.39 is 28.9 Å². The molecule has 0 bridgehead atoms. The SMILES string of the molecule is CCOc1ccc(NC(=O)c2c(F)cccc2F)cc1F. The van der Waals surface area contributed by atoms with Crippen LogP contribution in [0, 0.1) is 17.5 Å². The van der Waals surface area contributed by atoms with Crippen LogP contribution in [0.2, 0.25) is 0 Å². The molecule has 0 aliphatic rings. The second kappa shape index (κ2) is 6.30. The van der Waals surface area contributed by atoms with Gasteiger partial charge in [0.2, 0.25) is 0 Å². The van der Waals surface area contributed by atoms with Gasteiger partial charge < -0.3 is 10.1 Å². The number of carbonyl (C=O) groups excluding carboxylic acids is 1. The minimum atomic E-state index is -0.992. The number of rotatable bonds is 4. The Morgan fingerprint density at radius 1 is 1.10 bits per heavy atom. The number of amides is 1. The third-order valence-electron chi connectivity index (χ3n) is 2.68. The van der Waals surface area contributed by atoms with E-state index in [1.165, 1.54) is 12.1 Å². The van der Waals surface area contributed by atoms with Crippen molar-refractivity contribution in [2.75, 3.05) is 11.9 Å². The van der Waals surface area contributed by atoms with Gasteiger partial charge in [0.15, 0.2) is 11.6 Å². The van der Waals surface area contributed by atoms with Gasteiger partial charge in [0.05, 0.1) is 6.61 Å². The van der Waals surface area contributed by atoms with E-state index in [1.807, 2.05) is 0 Å². The van der Waals surface area contributed by atoms with Gasteiger partial charge in [-0.3, -0.25) is 4.79 Å². The average molecular weight is 295 g/mol. The minimum Gasteiger partial charge on any atom is -0.491 e. The molecule has 0 radical (unpaired) electrons. The Hall–Kier alpha value is -2.50. The summed E-state index contributed by atoms with van der Waals surface area (Å²) >= 11 is 0. The van der Waals surface area contributed by atoms with Crippen molar-refractivity contribution in [3.63, 3.8) is 0 Å². The first-order chi connectivity index (χ1) is 10.0. The number of benzene rings is 2. The maximum atomic E-state index is 13.6. The van der Waals surface area contributed by atoms with Crippen molar-refractivity contribution in [2.24, 2.45) is 0 Å². The molecule has 0 aromatic heterocycles. The largest absolute Gasteiger partial charge is 0.491 e. The summed E-state index contributed by atoms with van der Waals surface area (Å²) in [6, 6.07) is 6.81. The van der Waals surface area contributed by atoms with Gasteiger partial charge >= 0.3 is 0 Å². The van der Waals surface area contributed by atoms with Crippen LogP contribution in [0.1, 0.15) is 17.3 Å². The van der Waals surface area contributed by atoms with Gasteiger partial charge in [-0.25, -0.2) is 13.2 Å². The van der Waals surface area contributed by atoms with Gasteiger partial charge in [-0.2, -0.15) is 0 Å². The van der Waals surface area contributed by atoms with E-state index in [1.54, 1.807) is 6.92 Å². The first-order valence-corrected chi connectivity index (χ1v) is 6.20. The highest BCUT2D eigenvalue weighted by molar-refractivity contribution is 6.04. The minimum absolute atomic E-state index is 0.0348. The number of halogens is 3. The van der Waals surface area contributed by atoms with E-state index in [0.29, 0.717) is 6.61 Å². The zero-order valence-electron chi connectivity index (χ0n) is 11.1. The molecule has 6 heteroatoms. The summed E-state index contributed by atoms with van der Waals surface area (Å²) in [6.07, 6.45) is 0. The smallest absolute Gasteiger partial charge is 0.261 e. The lowest BCUT2D eigenvalue weighted by molar-refractivity contribution is 0.101. The molecule has 0 saturated heterocycles. The van der Waals surface area contributed by atoms with Gasteiger partial charge in [-0.1, -0.05) is 6.07 Å². The van der Waals surface area contributed by atoms with Crippen LogP contribution in [0.5, 0.6) is 5.75 Å². The van der Waals surface area contributed by atoms with Crippen molar-refractivity contribution in [1.29, 1.82) is 0 Å². The third-order valence-corrected chi connectivity index (χ3v) is 2.68. The summed E-state index contributed by atoms with van der Waals surface area (Å²) in [5.74, 6) is -3.61. The van der Waals surface area contributed by atoms with Gasteiger partial charge in [0.25, 0.3) is 5.91 Å². The van der Waals surface area contributed by atoms with Gasteiger partial charge in [0, 0.05) is 11.8 Å². The van der Waals surface area contributed by atoms with Crippen LogP contribution in [-0.2, 0) is 0 Å². The first kappa shape index (κ1) is 14.9. The quantitative estimate of drug-likeness (QED) is 0.932. The lowest BCUT2D eigenvalue weighted by atomic mass is 10.1. The zero-order valence-corrected chi connectivity index (χ0v) is 11.1. The van der Waals surface area contributed by atoms with E-state index in [2.05, 4.69) is 5.32 Å². The van der Waals surface area contributed by atoms with Crippen molar-refractivity contribution in [2.45, 2.75) is 6.92 Å². The second-order valence-corrected chi connectivity index (χ2v) is 4.13. The Morgan fingerprint density at radius 3 is 2.33 bits per heavy atom. The summed E-state index contributed by atoms with van der Waals surface area (Å²) in [6.45, 7) is 2.00. The normalized spacial score (nSPS) is 10.3. The monoisotopic (exact) mass is 295 g/mol. The molecular formula is C15H12F3NO2. The van der Waals surface area contributed by atoms with Crippen molar-refractivity contribution < 1.29 is 22.7 Å². The van der Waals surface area contributed by atoms with Gasteiger partial charge in [-0.05, 0) is 31.2 Å². The topological polar surface area (TPSA) is 38.3 Å². The molecule has 21 heavy (non-hydrogen) atoms. The molecule has 2 aromatic carbocycles. The Kier molecular flexibility index (Phi) is 4.47. The van der Waals surface area contributed by atoms with Crippen LogP contribution in [0.15, 0.2) is 36.4 Å². The van der Waals surface area contributed by atoms with Crippen molar-refractivity contribution in [3.05, 3.63) is 59.4 Å². The number of hydrogen-bond acceptors (Lipinski definition) is 2. The Balaban J connectivity index is 2.22. The lowest BCUT2D eigenvalue weighted by Crippen LogP contribution is -2.16. The zero-order chi connectivity index (χ0) is 15.4. The molecule has 2 rings (SSSR count). The first-order valence-electron chi connectivity index (χ1n) is 6.20. The molecule has 0 aliphatic carbocycles. The van der Waals surface area contributed by atoms with E-state index in [-0.39, 0.29) is 11.4 Å². The molecule has 0 atom stereocenters. The van der Waals surface area contributed by atoms with Crippen LogP contribution in [0.4, 0.5) is 18.9 Å². The summed E-state index contributed by atoms with van der Waals surface area (Å²) in [4.78, 5) is 11.8. The molecule has 0 heterocycles. The van der Waals surface area contributed by atoms with E-state index in [9.17, 15) is 18.0 Å². The molecule has 110 valence electrons. The maximum absolute atomic E-state index is 13.6. The highest BCUT2D eigenvalue weighted by Gasteiger charge is 2.17. The maximum Gasteiger partial charge on any atom is 0.261 e. The second-order valence-electron chi connectivity index (χ2n) is 4.13. The van der Waals surface area contributed by atoms with Crippen LogP contribution in [0.3, 0.4) is 0 Å². The fourth-order valence-electron chi connectivity index (χ4n) is 1.76. The molecule has 3 nitrogen and oxygen atoms in total. The molecule has 0 aliphatic heterocycles. The lowest BCUT2D eigenvalue weighted by Gasteiger charge is -2.09. The number of hydrogen-bond donors (Lipinski definition) is 1. The Bertz CT molecular complexity index is 654. The molecule has 1 N–H and O–H groups in total. The van der Waals surface area contributed by atoms with Crippen LogP contribution in [0.25, 0.3) is 0 Å². The van der Waals surface area contributed by atoms with Crippen molar-refractivity contribution in [1.82, 2.24) is 0 Å². The summed E-state index contributed by atoms with van der Waals surface area (Å²) in [5, 5.41) is 2.24. The van der Waals surface area contributed by atoms with Crippen molar-refractivity contribution in [3.8, 4) is 5.75 Å². The van der Waals surface area contributed by atoms with Crippen LogP contribution < -0.4 is 10.1 Å². The van der Waals surface area contributed by atoms with E-state index in [4.69, 9.17) is 4.74 Å². The van der Waals surface area contributed by atoms with E-state index >= 15 is 0 Å². The number of carbonyl (C=O) groups is 1. The Labute approximate surface area is 119 Å². The highest BCUT2D eigenvalue weighted by Crippen LogP contribution is 2.22. The molecule has 0 spiro atoms. The van der Waals surface area contributed by atoms with Crippen molar-refractivity contribution >= 4 is 11.6 Å².